The van der Waals surface area contributed by atoms with E-state index < -0.39 is 18.0 Å². The lowest BCUT2D eigenvalue weighted by atomic mass is 9.90. The van der Waals surface area contributed by atoms with Crippen molar-refractivity contribution in [3.05, 3.63) is 35.4 Å². The normalized spacial score (nSPS) is 17.8. The van der Waals surface area contributed by atoms with Crippen molar-refractivity contribution in [1.29, 1.82) is 0 Å². The molecule has 1 aromatic rings. The Morgan fingerprint density at radius 3 is 2.75 bits per heavy atom. The molecule has 108 valence electrons. The number of ether oxygens (including phenoxy) is 1. The van der Waals surface area contributed by atoms with Gasteiger partial charge in [0.2, 0.25) is 0 Å². The summed E-state index contributed by atoms with van der Waals surface area (Å²) in [7, 11) is 0. The molecule has 0 saturated heterocycles. The van der Waals surface area contributed by atoms with E-state index in [1.165, 1.54) is 4.90 Å². The van der Waals surface area contributed by atoms with Crippen molar-refractivity contribution < 1.29 is 19.4 Å². The molecule has 0 spiro atoms. The van der Waals surface area contributed by atoms with Gasteiger partial charge in [0.25, 0.3) is 0 Å². The number of carboxylic acids is 1. The zero-order chi connectivity index (χ0) is 14.7. The summed E-state index contributed by atoms with van der Waals surface area (Å²) >= 11 is 0. The fourth-order valence-corrected chi connectivity index (χ4v) is 2.29. The zero-order valence-corrected chi connectivity index (χ0v) is 11.7. The highest BCUT2D eigenvalue weighted by Gasteiger charge is 2.32. The van der Waals surface area contributed by atoms with Crippen molar-refractivity contribution in [2.24, 2.45) is 5.92 Å². The molecule has 0 bridgehead atoms. The van der Waals surface area contributed by atoms with Gasteiger partial charge in [0, 0.05) is 13.1 Å². The Kier molecular flexibility index (Phi) is 4.27. The third kappa shape index (κ3) is 3.10. The Morgan fingerprint density at radius 2 is 2.10 bits per heavy atom. The van der Waals surface area contributed by atoms with Gasteiger partial charge in [-0.15, -0.1) is 0 Å². The summed E-state index contributed by atoms with van der Waals surface area (Å²) in [5.41, 5.74) is 1.65. The number of amides is 1. The maximum Gasteiger partial charge on any atom is 0.410 e. The SMILES string of the molecule is CC(C)COC(=O)N1Cc2ccccc2C(C(=O)O)C1. The second-order valence-electron chi connectivity index (χ2n) is 5.44. The number of aliphatic carboxylic acids is 1. The Balaban J connectivity index is 2.16. The molecule has 0 aromatic heterocycles. The first-order valence-electron chi connectivity index (χ1n) is 6.71. The van der Waals surface area contributed by atoms with E-state index in [4.69, 9.17) is 4.74 Å². The zero-order valence-electron chi connectivity index (χ0n) is 11.7. The first kappa shape index (κ1) is 14.4. The Bertz CT molecular complexity index is 512. The van der Waals surface area contributed by atoms with Crippen LogP contribution >= 0.6 is 0 Å². The summed E-state index contributed by atoms with van der Waals surface area (Å²) in [6, 6.07) is 7.33. The molecule has 1 aromatic carbocycles. The number of nitrogens with zero attached hydrogens (tertiary/aromatic N) is 1. The second kappa shape index (κ2) is 5.94. The van der Waals surface area contributed by atoms with Gasteiger partial charge in [-0.05, 0) is 17.0 Å². The molecule has 1 aliphatic rings. The first-order chi connectivity index (χ1) is 9.49. The van der Waals surface area contributed by atoms with Crippen LogP contribution in [-0.2, 0) is 16.1 Å². The van der Waals surface area contributed by atoms with Crippen LogP contribution in [0.2, 0.25) is 0 Å². The van der Waals surface area contributed by atoms with Crippen LogP contribution in [-0.4, -0.2) is 35.2 Å². The van der Waals surface area contributed by atoms with Crippen LogP contribution < -0.4 is 0 Å². The van der Waals surface area contributed by atoms with E-state index in [0.717, 1.165) is 11.1 Å². The van der Waals surface area contributed by atoms with Gasteiger partial charge in [0.05, 0.1) is 12.5 Å². The topological polar surface area (TPSA) is 66.8 Å². The number of carboxylic acid groups (broad SMARTS) is 1. The lowest BCUT2D eigenvalue weighted by molar-refractivity contribution is -0.139. The molecule has 0 fully saturated rings. The van der Waals surface area contributed by atoms with E-state index in [9.17, 15) is 14.7 Å². The number of rotatable bonds is 3. The number of hydrogen-bond acceptors (Lipinski definition) is 3. The number of carbonyl (C=O) groups is 2. The van der Waals surface area contributed by atoms with Gasteiger partial charge >= 0.3 is 12.1 Å². The third-order valence-electron chi connectivity index (χ3n) is 3.29. The Labute approximate surface area is 118 Å². The second-order valence-corrected chi connectivity index (χ2v) is 5.44. The molecule has 1 aliphatic heterocycles. The van der Waals surface area contributed by atoms with Crippen LogP contribution in [0, 0.1) is 5.92 Å². The van der Waals surface area contributed by atoms with Crippen LogP contribution in [0.25, 0.3) is 0 Å². The van der Waals surface area contributed by atoms with Crippen LogP contribution in [0.1, 0.15) is 30.9 Å². The summed E-state index contributed by atoms with van der Waals surface area (Å²) in [6.07, 6.45) is -0.445. The highest BCUT2D eigenvalue weighted by molar-refractivity contribution is 5.79. The largest absolute Gasteiger partial charge is 0.481 e. The van der Waals surface area contributed by atoms with Crippen molar-refractivity contribution in [3.63, 3.8) is 0 Å². The van der Waals surface area contributed by atoms with E-state index in [1.807, 2.05) is 38.1 Å². The minimum atomic E-state index is -0.918. The maximum absolute atomic E-state index is 12.0. The first-order valence-corrected chi connectivity index (χ1v) is 6.71. The van der Waals surface area contributed by atoms with Crippen molar-refractivity contribution >= 4 is 12.1 Å². The molecule has 2 rings (SSSR count). The number of fused-ring (bicyclic) bond motifs is 1. The predicted molar refractivity (Wildman–Crippen MR) is 73.4 cm³/mol. The van der Waals surface area contributed by atoms with Gasteiger partial charge in [-0.1, -0.05) is 38.1 Å². The van der Waals surface area contributed by atoms with Gasteiger partial charge in [0.15, 0.2) is 0 Å². The molecule has 5 nitrogen and oxygen atoms in total. The lowest BCUT2D eigenvalue weighted by Crippen LogP contribution is -2.41. The summed E-state index contributed by atoms with van der Waals surface area (Å²) in [5, 5.41) is 9.32. The molecule has 20 heavy (non-hydrogen) atoms. The summed E-state index contributed by atoms with van der Waals surface area (Å²) in [6.45, 7) is 4.81. The van der Waals surface area contributed by atoms with E-state index in [0.29, 0.717) is 13.2 Å². The summed E-state index contributed by atoms with van der Waals surface area (Å²) in [4.78, 5) is 24.8. The smallest absolute Gasteiger partial charge is 0.410 e. The molecule has 1 amide bonds. The van der Waals surface area contributed by atoms with Crippen molar-refractivity contribution in [3.8, 4) is 0 Å². The average molecular weight is 277 g/mol. The molecule has 1 heterocycles. The maximum atomic E-state index is 12.0. The van der Waals surface area contributed by atoms with Crippen LogP contribution in [0.4, 0.5) is 4.79 Å². The van der Waals surface area contributed by atoms with Crippen molar-refractivity contribution in [2.75, 3.05) is 13.2 Å². The van der Waals surface area contributed by atoms with E-state index >= 15 is 0 Å². The molecule has 0 saturated carbocycles. The number of carbonyl (C=O) groups excluding carboxylic acids is 1. The van der Waals surface area contributed by atoms with Gasteiger partial charge in [-0.25, -0.2) is 4.79 Å². The highest BCUT2D eigenvalue weighted by Crippen LogP contribution is 2.28. The van der Waals surface area contributed by atoms with Crippen molar-refractivity contribution in [2.45, 2.75) is 26.3 Å². The number of benzene rings is 1. The molecule has 1 atom stereocenters. The van der Waals surface area contributed by atoms with Gasteiger partial charge in [-0.2, -0.15) is 0 Å². The fourth-order valence-electron chi connectivity index (χ4n) is 2.29. The average Bonchev–Trinajstić information content (AvgIpc) is 2.43. The molecular formula is C15H19NO4. The van der Waals surface area contributed by atoms with Crippen LogP contribution in [0.5, 0.6) is 0 Å². The van der Waals surface area contributed by atoms with Crippen LogP contribution in [0.3, 0.4) is 0 Å². The Morgan fingerprint density at radius 1 is 1.40 bits per heavy atom. The minimum Gasteiger partial charge on any atom is -0.481 e. The van der Waals surface area contributed by atoms with Crippen molar-refractivity contribution in [1.82, 2.24) is 4.90 Å². The van der Waals surface area contributed by atoms with E-state index in [-0.39, 0.29) is 12.5 Å². The standard InChI is InChI=1S/C15H19NO4/c1-10(2)9-20-15(19)16-7-11-5-3-4-6-12(11)13(8-16)14(17)18/h3-6,10,13H,7-9H2,1-2H3,(H,17,18). The van der Waals surface area contributed by atoms with Gasteiger partial charge < -0.3 is 14.7 Å². The van der Waals surface area contributed by atoms with E-state index in [2.05, 4.69) is 0 Å². The molecular weight excluding hydrogens is 258 g/mol. The fraction of sp³-hybridized carbons (Fsp3) is 0.467. The van der Waals surface area contributed by atoms with Gasteiger partial charge in [0.1, 0.15) is 0 Å². The molecule has 0 radical (unpaired) electrons. The van der Waals surface area contributed by atoms with Crippen LogP contribution in [0.15, 0.2) is 24.3 Å². The predicted octanol–water partition coefficient (Wildman–Crippen LogP) is 2.46. The third-order valence-corrected chi connectivity index (χ3v) is 3.29. The highest BCUT2D eigenvalue weighted by atomic mass is 16.6. The number of hydrogen-bond donors (Lipinski definition) is 1. The summed E-state index contributed by atoms with van der Waals surface area (Å²) < 4.78 is 5.18. The van der Waals surface area contributed by atoms with Gasteiger partial charge in [-0.3, -0.25) is 4.79 Å². The molecule has 1 N–H and O–H groups in total. The Hall–Kier alpha value is -2.04. The minimum absolute atomic E-state index is 0.156. The molecule has 5 heteroatoms. The monoisotopic (exact) mass is 277 g/mol. The lowest BCUT2D eigenvalue weighted by Gasteiger charge is -2.32. The summed E-state index contributed by atoms with van der Waals surface area (Å²) in [5.74, 6) is -1.35. The van der Waals surface area contributed by atoms with E-state index in [1.54, 1.807) is 0 Å². The molecule has 1 unspecified atom stereocenters. The quantitative estimate of drug-likeness (QED) is 0.921. The molecule has 0 aliphatic carbocycles.